The lowest BCUT2D eigenvalue weighted by Gasteiger charge is -2.18. The van der Waals surface area contributed by atoms with E-state index in [9.17, 15) is 14.4 Å². The quantitative estimate of drug-likeness (QED) is 0.101. The van der Waals surface area contributed by atoms with E-state index in [1.807, 2.05) is 105 Å². The molecule has 46 heavy (non-hydrogen) atoms. The van der Waals surface area contributed by atoms with Crippen LogP contribution in [0.4, 0.5) is 11.4 Å². The second kappa shape index (κ2) is 15.4. The van der Waals surface area contributed by atoms with Gasteiger partial charge < -0.3 is 16.0 Å². The Kier molecular flexibility index (Phi) is 10.9. The van der Waals surface area contributed by atoms with Crippen molar-refractivity contribution in [3.63, 3.8) is 0 Å². The second-order valence-electron chi connectivity index (χ2n) is 10.7. The van der Waals surface area contributed by atoms with Crippen LogP contribution in [0.5, 0.6) is 0 Å². The van der Waals surface area contributed by atoms with Crippen LogP contribution in [0.25, 0.3) is 6.08 Å². The number of nitrogens with one attached hydrogen (secondary N) is 3. The highest BCUT2D eigenvalue weighted by Crippen LogP contribution is 2.37. The minimum absolute atomic E-state index is 0.0833. The van der Waals surface area contributed by atoms with Gasteiger partial charge in [-0.1, -0.05) is 88.7 Å². The molecule has 5 rings (SSSR count). The summed E-state index contributed by atoms with van der Waals surface area (Å²) in [5.41, 5.74) is 5.49. The predicted molar refractivity (Wildman–Crippen MR) is 191 cm³/mol. The highest BCUT2D eigenvalue weighted by Gasteiger charge is 2.23. The van der Waals surface area contributed by atoms with Crippen molar-refractivity contribution in [3.05, 3.63) is 165 Å². The molecule has 3 N–H and O–H groups in total. The molecule has 0 bridgehead atoms. The molecule has 0 spiro atoms. The lowest BCUT2D eigenvalue weighted by atomic mass is 10.1. The van der Waals surface area contributed by atoms with Crippen LogP contribution in [0.1, 0.15) is 37.9 Å². The minimum Gasteiger partial charge on any atom is -0.325 e. The Hall–Kier alpha value is -4.92. The maximum atomic E-state index is 13.7. The molecular formula is C38H32BrN3O3S. The van der Waals surface area contributed by atoms with E-state index in [0.29, 0.717) is 11.3 Å². The van der Waals surface area contributed by atoms with Gasteiger partial charge in [-0.25, -0.2) is 0 Å². The molecular weight excluding hydrogens is 658 g/mol. The Morgan fingerprint density at radius 3 is 2.07 bits per heavy atom. The molecule has 3 amide bonds. The van der Waals surface area contributed by atoms with Crippen LogP contribution >= 0.6 is 27.7 Å². The average Bonchev–Trinajstić information content (AvgIpc) is 3.04. The molecule has 1 atom stereocenters. The summed E-state index contributed by atoms with van der Waals surface area (Å²) in [7, 11) is 0. The number of halogens is 1. The van der Waals surface area contributed by atoms with Crippen molar-refractivity contribution in [2.75, 3.05) is 10.6 Å². The number of hydrogen-bond acceptors (Lipinski definition) is 4. The number of benzene rings is 5. The van der Waals surface area contributed by atoms with Crippen molar-refractivity contribution in [1.82, 2.24) is 5.32 Å². The fourth-order valence-electron chi connectivity index (χ4n) is 4.84. The molecule has 0 radical (unpaired) electrons. The molecule has 0 saturated heterocycles. The summed E-state index contributed by atoms with van der Waals surface area (Å²) in [4.78, 5) is 41.1. The van der Waals surface area contributed by atoms with Crippen LogP contribution < -0.4 is 16.0 Å². The van der Waals surface area contributed by atoms with Gasteiger partial charge in [-0.15, -0.1) is 11.8 Å². The molecule has 5 aromatic rings. The van der Waals surface area contributed by atoms with E-state index in [1.165, 1.54) is 11.8 Å². The number of thioether (sulfide) groups is 1. The Balaban J connectivity index is 1.38. The zero-order valence-electron chi connectivity index (χ0n) is 25.3. The van der Waals surface area contributed by atoms with Crippen LogP contribution in [0.15, 0.2) is 142 Å². The number of carbonyl (C=O) groups is 3. The van der Waals surface area contributed by atoms with Crippen molar-refractivity contribution < 1.29 is 14.4 Å². The van der Waals surface area contributed by atoms with Gasteiger partial charge in [-0.2, -0.15) is 0 Å². The van der Waals surface area contributed by atoms with E-state index >= 15 is 0 Å². The fourth-order valence-corrected chi connectivity index (χ4v) is 6.34. The van der Waals surface area contributed by atoms with Gasteiger partial charge in [0.25, 0.3) is 11.8 Å². The highest BCUT2D eigenvalue weighted by atomic mass is 79.9. The molecule has 0 aliphatic heterocycles. The van der Waals surface area contributed by atoms with E-state index in [1.54, 1.807) is 36.4 Å². The number of aryl methyl sites for hydroxylation is 2. The van der Waals surface area contributed by atoms with E-state index in [0.717, 1.165) is 37.3 Å². The smallest absolute Gasteiger partial charge is 0.272 e. The first-order chi connectivity index (χ1) is 22.2. The lowest BCUT2D eigenvalue weighted by Crippen LogP contribution is -2.30. The van der Waals surface area contributed by atoms with E-state index in [-0.39, 0.29) is 11.6 Å². The summed E-state index contributed by atoms with van der Waals surface area (Å²) in [5, 5.41) is 8.22. The number of anilines is 2. The zero-order valence-corrected chi connectivity index (χ0v) is 27.7. The summed E-state index contributed by atoms with van der Waals surface area (Å²) >= 11 is 4.85. The molecule has 230 valence electrons. The standard InChI is InChI=1S/C38H32BrN3O3S/c1-25-19-26(2)21-32(20-25)41-38(45)35(28-12-5-3-6-13-28)46-33-18-10-17-31(24-33)40-37(44)34(23-27-11-9-16-30(39)22-27)42-36(43)29-14-7-4-8-15-29/h3-24,35H,1-2H3,(H,40,44)(H,41,45)(H,42,43)/b34-23+. The molecule has 0 fully saturated rings. The number of hydrogen-bond donors (Lipinski definition) is 3. The van der Waals surface area contributed by atoms with Gasteiger partial charge in [0.1, 0.15) is 10.9 Å². The van der Waals surface area contributed by atoms with Crippen LogP contribution in [0, 0.1) is 13.8 Å². The summed E-state index contributed by atoms with van der Waals surface area (Å²) in [6.45, 7) is 4.00. The fraction of sp³-hybridized carbons (Fsp3) is 0.0789. The van der Waals surface area contributed by atoms with E-state index in [2.05, 4.69) is 37.9 Å². The highest BCUT2D eigenvalue weighted by molar-refractivity contribution is 9.10. The largest absolute Gasteiger partial charge is 0.325 e. The monoisotopic (exact) mass is 689 g/mol. The topological polar surface area (TPSA) is 87.3 Å². The summed E-state index contributed by atoms with van der Waals surface area (Å²) in [6.07, 6.45) is 1.63. The van der Waals surface area contributed by atoms with Crippen molar-refractivity contribution in [2.45, 2.75) is 24.0 Å². The SMILES string of the molecule is Cc1cc(C)cc(NC(=O)C(Sc2cccc(NC(=O)/C(=C\c3cccc(Br)c3)NC(=O)c3ccccc3)c2)c2ccccc2)c1. The average molecular weight is 691 g/mol. The van der Waals surface area contributed by atoms with Crippen LogP contribution in [-0.2, 0) is 9.59 Å². The molecule has 8 heteroatoms. The molecule has 0 aliphatic carbocycles. The maximum absolute atomic E-state index is 13.7. The van der Waals surface area contributed by atoms with Gasteiger partial charge in [0.05, 0.1) is 0 Å². The second-order valence-corrected chi connectivity index (χ2v) is 12.8. The molecule has 0 aromatic heterocycles. The molecule has 1 unspecified atom stereocenters. The van der Waals surface area contributed by atoms with E-state index < -0.39 is 17.1 Å². The molecule has 5 aromatic carbocycles. The molecule has 0 aliphatic rings. The Labute approximate surface area is 281 Å². The summed E-state index contributed by atoms with van der Waals surface area (Å²) in [5.74, 6) is -1.04. The number of carbonyl (C=O) groups excluding carboxylic acids is 3. The minimum atomic E-state index is -0.551. The van der Waals surface area contributed by atoms with Gasteiger partial charge in [-0.3, -0.25) is 14.4 Å². The zero-order chi connectivity index (χ0) is 32.5. The first kappa shape index (κ1) is 32.5. The van der Waals surface area contributed by atoms with Crippen molar-refractivity contribution in [2.24, 2.45) is 0 Å². The van der Waals surface area contributed by atoms with Crippen LogP contribution in [0.3, 0.4) is 0 Å². The number of amides is 3. The summed E-state index contributed by atoms with van der Waals surface area (Å²) in [6, 6.07) is 39.0. The van der Waals surface area contributed by atoms with Crippen LogP contribution in [-0.4, -0.2) is 17.7 Å². The lowest BCUT2D eigenvalue weighted by molar-refractivity contribution is -0.116. The third-order valence-corrected chi connectivity index (χ3v) is 8.61. The Bertz CT molecular complexity index is 1870. The van der Waals surface area contributed by atoms with Crippen LogP contribution in [0.2, 0.25) is 0 Å². The van der Waals surface area contributed by atoms with Crippen molar-refractivity contribution in [3.8, 4) is 0 Å². The third kappa shape index (κ3) is 9.06. The molecule has 6 nitrogen and oxygen atoms in total. The van der Waals surface area contributed by atoms with Crippen molar-refractivity contribution >= 4 is 62.9 Å². The Morgan fingerprint density at radius 1 is 0.696 bits per heavy atom. The van der Waals surface area contributed by atoms with Gasteiger partial charge in [0.15, 0.2) is 0 Å². The first-order valence-electron chi connectivity index (χ1n) is 14.6. The number of rotatable bonds is 10. The molecule has 0 saturated carbocycles. The van der Waals surface area contributed by atoms with Gasteiger partial charge in [0.2, 0.25) is 5.91 Å². The molecule has 0 heterocycles. The van der Waals surface area contributed by atoms with Gasteiger partial charge in [-0.05, 0) is 96.8 Å². The normalized spacial score (nSPS) is 11.8. The van der Waals surface area contributed by atoms with Gasteiger partial charge >= 0.3 is 0 Å². The third-order valence-electron chi connectivity index (χ3n) is 6.86. The van der Waals surface area contributed by atoms with Crippen molar-refractivity contribution in [1.29, 1.82) is 0 Å². The van der Waals surface area contributed by atoms with E-state index in [4.69, 9.17) is 0 Å². The predicted octanol–water partition coefficient (Wildman–Crippen LogP) is 8.95. The van der Waals surface area contributed by atoms with Gasteiger partial charge in [0, 0.05) is 26.3 Å². The first-order valence-corrected chi connectivity index (χ1v) is 16.3. The summed E-state index contributed by atoms with van der Waals surface area (Å²) < 4.78 is 0.842. The maximum Gasteiger partial charge on any atom is 0.272 e. The Morgan fingerprint density at radius 2 is 1.37 bits per heavy atom.